The summed E-state index contributed by atoms with van der Waals surface area (Å²) in [6, 6.07) is 12.1. The number of rotatable bonds is 8. The van der Waals surface area contributed by atoms with E-state index in [-0.39, 0.29) is 22.9 Å². The Labute approximate surface area is 208 Å². The van der Waals surface area contributed by atoms with Crippen LogP contribution in [0.3, 0.4) is 0 Å². The normalized spacial score (nSPS) is 17.8. The van der Waals surface area contributed by atoms with Crippen LogP contribution in [0.25, 0.3) is 5.76 Å². The zero-order chi connectivity index (χ0) is 25.9. The minimum Gasteiger partial charge on any atom is -0.507 e. The molecule has 1 atom stereocenters. The first-order valence-electron chi connectivity index (χ1n) is 12.3. The molecule has 35 heavy (non-hydrogen) atoms. The van der Waals surface area contributed by atoms with Gasteiger partial charge in [0, 0.05) is 17.7 Å². The Bertz CT molecular complexity index is 1130. The summed E-state index contributed by atoms with van der Waals surface area (Å²) < 4.78 is 11.7. The lowest BCUT2D eigenvalue weighted by Crippen LogP contribution is -2.30. The van der Waals surface area contributed by atoms with Crippen molar-refractivity contribution in [2.75, 3.05) is 13.2 Å². The van der Waals surface area contributed by atoms with Crippen LogP contribution in [-0.4, -0.2) is 41.0 Å². The van der Waals surface area contributed by atoms with Crippen molar-refractivity contribution < 1.29 is 24.2 Å². The third-order valence-electron chi connectivity index (χ3n) is 5.91. The topological polar surface area (TPSA) is 76.1 Å². The van der Waals surface area contributed by atoms with E-state index in [2.05, 4.69) is 20.8 Å². The summed E-state index contributed by atoms with van der Waals surface area (Å²) >= 11 is 0. The lowest BCUT2D eigenvalue weighted by molar-refractivity contribution is -0.139. The van der Waals surface area contributed by atoms with Crippen LogP contribution in [-0.2, 0) is 15.0 Å². The van der Waals surface area contributed by atoms with Gasteiger partial charge in [-0.2, -0.15) is 0 Å². The third kappa shape index (κ3) is 5.53. The summed E-state index contributed by atoms with van der Waals surface area (Å²) in [6.07, 6.45) is 0.662. The SMILES string of the molecule is CCCN1C(=O)C(=O)/C(=C(/O)c2ccc(OCC)c(C(C)(C)C)c2)C1c1cccc(OC(C)C)c1. The Morgan fingerprint density at radius 1 is 1.09 bits per heavy atom. The molecule has 1 fully saturated rings. The Kier molecular flexibility index (Phi) is 7.93. The fourth-order valence-corrected chi connectivity index (χ4v) is 4.43. The molecule has 188 valence electrons. The summed E-state index contributed by atoms with van der Waals surface area (Å²) in [7, 11) is 0. The number of ether oxygens (including phenoxy) is 2. The van der Waals surface area contributed by atoms with E-state index in [0.717, 1.165) is 16.9 Å². The summed E-state index contributed by atoms with van der Waals surface area (Å²) in [5, 5.41) is 11.5. The van der Waals surface area contributed by atoms with Crippen LogP contribution in [0.15, 0.2) is 48.0 Å². The second-order valence-corrected chi connectivity index (χ2v) is 10.1. The smallest absolute Gasteiger partial charge is 0.295 e. The van der Waals surface area contributed by atoms with E-state index < -0.39 is 17.7 Å². The van der Waals surface area contributed by atoms with Crippen LogP contribution in [0, 0.1) is 0 Å². The molecule has 1 saturated heterocycles. The van der Waals surface area contributed by atoms with Crippen LogP contribution in [0.2, 0.25) is 0 Å². The number of nitrogens with zero attached hydrogens (tertiary/aromatic N) is 1. The maximum atomic E-state index is 13.2. The molecule has 1 aliphatic rings. The molecule has 0 aliphatic carbocycles. The van der Waals surface area contributed by atoms with Gasteiger partial charge in [-0.3, -0.25) is 9.59 Å². The van der Waals surface area contributed by atoms with Gasteiger partial charge in [-0.25, -0.2) is 0 Å². The highest BCUT2D eigenvalue weighted by Crippen LogP contribution is 2.41. The van der Waals surface area contributed by atoms with Crippen molar-refractivity contribution in [2.45, 2.75) is 72.4 Å². The predicted molar refractivity (Wildman–Crippen MR) is 138 cm³/mol. The van der Waals surface area contributed by atoms with Crippen molar-refractivity contribution in [3.8, 4) is 11.5 Å². The number of benzene rings is 2. The fraction of sp³-hybridized carbons (Fsp3) is 0.448. The highest BCUT2D eigenvalue weighted by atomic mass is 16.5. The number of hydrogen-bond donors (Lipinski definition) is 1. The van der Waals surface area contributed by atoms with Crippen molar-refractivity contribution in [1.82, 2.24) is 4.90 Å². The van der Waals surface area contributed by atoms with E-state index in [1.165, 1.54) is 0 Å². The lowest BCUT2D eigenvalue weighted by Gasteiger charge is -2.26. The minimum absolute atomic E-state index is 0.0214. The zero-order valence-electron chi connectivity index (χ0n) is 21.8. The van der Waals surface area contributed by atoms with Gasteiger partial charge in [0.2, 0.25) is 0 Å². The fourth-order valence-electron chi connectivity index (χ4n) is 4.43. The number of carbonyl (C=O) groups is 2. The van der Waals surface area contributed by atoms with E-state index in [0.29, 0.717) is 30.9 Å². The Morgan fingerprint density at radius 2 is 1.80 bits per heavy atom. The Balaban J connectivity index is 2.20. The molecular weight excluding hydrogens is 442 g/mol. The van der Waals surface area contributed by atoms with Gasteiger partial charge in [0.15, 0.2) is 0 Å². The molecule has 0 bridgehead atoms. The summed E-state index contributed by atoms with van der Waals surface area (Å²) in [6.45, 7) is 14.9. The van der Waals surface area contributed by atoms with Crippen LogP contribution >= 0.6 is 0 Å². The number of aliphatic hydroxyl groups is 1. The monoisotopic (exact) mass is 479 g/mol. The zero-order valence-corrected chi connectivity index (χ0v) is 21.8. The summed E-state index contributed by atoms with van der Waals surface area (Å²) in [5.74, 6) is -0.0812. The highest BCUT2D eigenvalue weighted by Gasteiger charge is 2.45. The molecule has 1 aliphatic heterocycles. The molecule has 1 heterocycles. The first-order valence-corrected chi connectivity index (χ1v) is 12.3. The average Bonchev–Trinajstić information content (AvgIpc) is 3.03. The molecule has 1 unspecified atom stereocenters. The molecule has 0 spiro atoms. The van der Waals surface area contributed by atoms with E-state index in [1.54, 1.807) is 11.0 Å². The maximum Gasteiger partial charge on any atom is 0.295 e. The van der Waals surface area contributed by atoms with Gasteiger partial charge >= 0.3 is 0 Å². The number of ketones is 1. The van der Waals surface area contributed by atoms with E-state index in [1.807, 2.05) is 64.1 Å². The van der Waals surface area contributed by atoms with Gasteiger partial charge in [0.1, 0.15) is 17.3 Å². The van der Waals surface area contributed by atoms with Gasteiger partial charge in [-0.15, -0.1) is 0 Å². The molecule has 0 saturated carbocycles. The van der Waals surface area contributed by atoms with Crippen LogP contribution in [0.4, 0.5) is 0 Å². The lowest BCUT2D eigenvalue weighted by atomic mass is 9.84. The number of aliphatic hydroxyl groups excluding tert-OH is 1. The number of amides is 1. The van der Waals surface area contributed by atoms with Crippen molar-refractivity contribution in [3.05, 3.63) is 64.7 Å². The van der Waals surface area contributed by atoms with Gasteiger partial charge < -0.3 is 19.5 Å². The average molecular weight is 480 g/mol. The summed E-state index contributed by atoms with van der Waals surface area (Å²) in [4.78, 5) is 27.8. The molecule has 0 radical (unpaired) electrons. The van der Waals surface area contributed by atoms with Crippen LogP contribution in [0.5, 0.6) is 11.5 Å². The van der Waals surface area contributed by atoms with Crippen LogP contribution < -0.4 is 9.47 Å². The molecule has 6 nitrogen and oxygen atoms in total. The van der Waals surface area contributed by atoms with Crippen LogP contribution in [0.1, 0.15) is 77.6 Å². The molecule has 2 aromatic carbocycles. The number of likely N-dealkylation sites (tertiary alicyclic amines) is 1. The highest BCUT2D eigenvalue weighted by molar-refractivity contribution is 6.46. The van der Waals surface area contributed by atoms with Crippen molar-refractivity contribution >= 4 is 17.4 Å². The summed E-state index contributed by atoms with van der Waals surface area (Å²) in [5.41, 5.74) is 1.95. The number of hydrogen-bond acceptors (Lipinski definition) is 5. The van der Waals surface area contributed by atoms with Gasteiger partial charge in [-0.05, 0) is 68.5 Å². The third-order valence-corrected chi connectivity index (χ3v) is 5.91. The molecular formula is C29H37NO5. The molecule has 3 rings (SSSR count). The largest absolute Gasteiger partial charge is 0.507 e. The quantitative estimate of drug-likeness (QED) is 0.285. The minimum atomic E-state index is -0.699. The van der Waals surface area contributed by atoms with Crippen molar-refractivity contribution in [3.63, 3.8) is 0 Å². The second-order valence-electron chi connectivity index (χ2n) is 10.1. The first kappa shape index (κ1) is 26.3. The number of carbonyl (C=O) groups excluding carboxylic acids is 2. The standard InChI is InChI=1S/C29H37NO5/c1-8-15-30-25(19-11-10-12-21(16-19)35-18(3)4)24(27(32)28(30)33)26(31)20-13-14-23(34-9-2)22(17-20)29(5,6)7/h10-14,16-18,25,31H,8-9,15H2,1-7H3/b26-24+. The Hall–Kier alpha value is -3.28. The van der Waals surface area contributed by atoms with Gasteiger partial charge in [0.25, 0.3) is 11.7 Å². The number of Topliss-reactive ketones (excluding diaryl/α,β-unsaturated/α-hetero) is 1. The molecule has 0 aromatic heterocycles. The predicted octanol–water partition coefficient (Wildman–Crippen LogP) is 6.00. The molecule has 1 N–H and O–H groups in total. The molecule has 1 amide bonds. The van der Waals surface area contributed by atoms with Crippen molar-refractivity contribution in [1.29, 1.82) is 0 Å². The van der Waals surface area contributed by atoms with Gasteiger partial charge in [0.05, 0.1) is 24.3 Å². The molecule has 6 heteroatoms. The maximum absolute atomic E-state index is 13.2. The first-order chi connectivity index (χ1) is 16.5. The molecule has 2 aromatic rings. The van der Waals surface area contributed by atoms with Gasteiger partial charge in [-0.1, -0.05) is 39.8 Å². The van der Waals surface area contributed by atoms with E-state index >= 15 is 0 Å². The Morgan fingerprint density at radius 3 is 2.40 bits per heavy atom. The second kappa shape index (κ2) is 10.5. The van der Waals surface area contributed by atoms with Crippen molar-refractivity contribution in [2.24, 2.45) is 0 Å². The van der Waals surface area contributed by atoms with E-state index in [9.17, 15) is 14.7 Å². The van der Waals surface area contributed by atoms with E-state index in [4.69, 9.17) is 9.47 Å².